The lowest BCUT2D eigenvalue weighted by molar-refractivity contribution is 0.343. The van der Waals surface area contributed by atoms with Crippen molar-refractivity contribution in [3.63, 3.8) is 0 Å². The predicted octanol–water partition coefficient (Wildman–Crippen LogP) is 1.24. The maximum absolute atomic E-state index is 10.4. The number of hydrogen-bond donors (Lipinski definition) is 1. The van der Waals surface area contributed by atoms with Crippen LogP contribution in [-0.2, 0) is 0 Å². The second-order valence-corrected chi connectivity index (χ2v) is 5.17. The van der Waals surface area contributed by atoms with Crippen LogP contribution in [0.25, 0.3) is 0 Å². The molecular weight excluding hydrogens is 242 g/mol. The van der Waals surface area contributed by atoms with Crippen LogP contribution in [0.2, 0.25) is 0 Å². The van der Waals surface area contributed by atoms with E-state index >= 15 is 0 Å². The van der Waals surface area contributed by atoms with E-state index in [1.807, 2.05) is 61.5 Å². The summed E-state index contributed by atoms with van der Waals surface area (Å²) in [6, 6.07) is 17.4. The van der Waals surface area contributed by atoms with E-state index in [4.69, 9.17) is 4.74 Å². The topological polar surface area (TPSA) is 29.5 Å². The summed E-state index contributed by atoms with van der Waals surface area (Å²) in [5.41, 5.74) is 0. The maximum atomic E-state index is 10.4. The Labute approximate surface area is 111 Å². The average Bonchev–Trinajstić information content (AvgIpc) is 2.40. The number of benzene rings is 2. The Morgan fingerprint density at radius 1 is 1.00 bits per heavy atom. The summed E-state index contributed by atoms with van der Waals surface area (Å²) in [5, 5.41) is 1.81. The van der Waals surface area contributed by atoms with Gasteiger partial charge < -0.3 is 9.63 Å². The Balaban J connectivity index is 0.00000162. The number of hydrogen-bond acceptors (Lipinski definition) is 2. The molecule has 0 bridgehead atoms. The summed E-state index contributed by atoms with van der Waals surface area (Å²) in [6.45, 7) is 2.55. The minimum Gasteiger partial charge on any atom is -0.493 e. The number of rotatable bonds is 4. The van der Waals surface area contributed by atoms with E-state index < -0.39 is 8.15 Å². The quantitative estimate of drug-likeness (QED) is 0.662. The van der Waals surface area contributed by atoms with Gasteiger partial charge in [0.05, 0.1) is 23.2 Å². The highest BCUT2D eigenvalue weighted by atomic mass is 31.1. The highest BCUT2D eigenvalue weighted by Crippen LogP contribution is 2.32. The summed E-state index contributed by atoms with van der Waals surface area (Å²) in [7, 11) is -1.33. The van der Waals surface area contributed by atoms with Gasteiger partial charge in [-0.3, -0.25) is 0 Å². The Bertz CT molecular complexity index is 476. The fraction of sp³-hybridized carbons (Fsp3) is 0.143. The molecule has 0 saturated carbocycles. The van der Waals surface area contributed by atoms with E-state index in [-0.39, 0.29) is 8.41 Å². The van der Waals surface area contributed by atoms with Crippen LogP contribution < -0.4 is 15.3 Å². The summed E-state index contributed by atoms with van der Waals surface area (Å²) >= 11 is 0. The van der Waals surface area contributed by atoms with Gasteiger partial charge in [0.1, 0.15) is 5.75 Å². The summed E-state index contributed by atoms with van der Waals surface area (Å²) in [6.07, 6.45) is 0. The van der Waals surface area contributed by atoms with Crippen LogP contribution >= 0.6 is 8.15 Å². The molecule has 0 fully saturated rings. The normalized spacial score (nSPS) is 11.4. The van der Waals surface area contributed by atoms with Gasteiger partial charge in [-0.15, -0.1) is 0 Å². The molecule has 4 heteroatoms. The van der Waals surface area contributed by atoms with Gasteiger partial charge in [0.2, 0.25) is 0 Å². The molecule has 94 valence electrons. The van der Waals surface area contributed by atoms with Gasteiger partial charge >= 0.3 is 0 Å². The maximum Gasteiger partial charge on any atom is 0.129 e. The van der Waals surface area contributed by atoms with Crippen molar-refractivity contribution in [3.8, 4) is 5.75 Å². The summed E-state index contributed by atoms with van der Waals surface area (Å²) in [4.78, 5) is 10.4. The van der Waals surface area contributed by atoms with Crippen molar-refractivity contribution in [2.45, 2.75) is 6.92 Å². The zero-order chi connectivity index (χ0) is 12.1. The average molecular weight is 260 g/mol. The number of ether oxygens (including phenoxy) is 1. The molecule has 0 saturated heterocycles. The Morgan fingerprint density at radius 3 is 2.28 bits per heavy atom. The molecule has 2 aromatic carbocycles. The zero-order valence-corrected chi connectivity index (χ0v) is 10.6. The molecule has 0 amide bonds. The molecule has 0 aromatic heterocycles. The summed E-state index contributed by atoms with van der Waals surface area (Å²) < 4.78 is 5.54. The lowest BCUT2D eigenvalue weighted by atomic mass is 10.3. The van der Waals surface area contributed by atoms with Crippen molar-refractivity contribution in [3.05, 3.63) is 54.6 Å². The van der Waals surface area contributed by atoms with Crippen LogP contribution in [0.1, 0.15) is 6.92 Å². The third-order valence-electron chi connectivity index (χ3n) is 2.39. The van der Waals surface area contributed by atoms with Crippen LogP contribution in [0.5, 0.6) is 5.75 Å². The smallest absolute Gasteiger partial charge is 0.129 e. The molecule has 0 aliphatic carbocycles. The van der Waals surface area contributed by atoms with Crippen LogP contribution in [0.3, 0.4) is 0 Å². The first kappa shape index (κ1) is 14.8. The second kappa shape index (κ2) is 7.20. The molecule has 2 aromatic rings. The monoisotopic (exact) mass is 260 g/mol. The first-order chi connectivity index (χ1) is 8.33. The van der Waals surface area contributed by atoms with Crippen LogP contribution in [0.15, 0.2) is 54.6 Å². The first-order valence-electron chi connectivity index (χ1n) is 5.59. The molecule has 0 heterocycles. The fourth-order valence-corrected chi connectivity index (χ4v) is 2.93. The first-order valence-corrected chi connectivity index (χ1v) is 6.88. The third kappa shape index (κ3) is 3.35. The Hall–Kier alpha value is -1.31. The second-order valence-electron chi connectivity index (χ2n) is 3.55. The van der Waals surface area contributed by atoms with Gasteiger partial charge in [-0.05, 0) is 19.1 Å². The predicted molar refractivity (Wildman–Crippen MR) is 82.4 cm³/mol. The van der Waals surface area contributed by atoms with Crippen LogP contribution in [-0.4, -0.2) is 19.9 Å². The highest BCUT2D eigenvalue weighted by molar-refractivity contribution is 7.67. The van der Waals surface area contributed by atoms with E-state index in [2.05, 4.69) is 0 Å². The molecule has 0 aliphatic rings. The molecule has 0 radical (unpaired) electrons. The van der Waals surface area contributed by atoms with Crippen molar-refractivity contribution in [2.24, 2.45) is 0 Å². The van der Waals surface area contributed by atoms with Crippen molar-refractivity contribution in [1.29, 1.82) is 0 Å². The molecule has 0 aliphatic heterocycles. The van der Waals surface area contributed by atoms with Crippen LogP contribution in [0.4, 0.5) is 0 Å². The Kier molecular flexibility index (Phi) is 5.90. The van der Waals surface area contributed by atoms with Crippen molar-refractivity contribution in [1.82, 2.24) is 0 Å². The molecule has 0 spiro atoms. The molecule has 18 heavy (non-hydrogen) atoms. The van der Waals surface area contributed by atoms with Gasteiger partial charge in [0, 0.05) is 10.6 Å². The minimum atomic E-state index is -1.33. The SMILES string of the molecule is B.CCOc1ccccc1P(O)c1ccccc1. The fourth-order valence-electron chi connectivity index (χ4n) is 1.62. The van der Waals surface area contributed by atoms with Crippen LogP contribution in [0, 0.1) is 0 Å². The molecule has 2 nitrogen and oxygen atoms in total. The third-order valence-corrected chi connectivity index (χ3v) is 4.01. The molecular formula is C14H18BO2P. The Morgan fingerprint density at radius 2 is 1.61 bits per heavy atom. The van der Waals surface area contributed by atoms with Gasteiger partial charge in [0.15, 0.2) is 0 Å². The largest absolute Gasteiger partial charge is 0.493 e. The van der Waals surface area contributed by atoms with Gasteiger partial charge in [-0.2, -0.15) is 0 Å². The van der Waals surface area contributed by atoms with Gasteiger partial charge in [-0.25, -0.2) is 0 Å². The van der Waals surface area contributed by atoms with Gasteiger partial charge in [0.25, 0.3) is 0 Å². The molecule has 1 atom stereocenters. The lowest BCUT2D eigenvalue weighted by Gasteiger charge is -2.15. The minimum absolute atomic E-state index is 0. The number of para-hydroxylation sites is 1. The van der Waals surface area contributed by atoms with E-state index in [9.17, 15) is 4.89 Å². The van der Waals surface area contributed by atoms with E-state index in [1.54, 1.807) is 0 Å². The highest BCUT2D eigenvalue weighted by Gasteiger charge is 2.14. The zero-order valence-electron chi connectivity index (χ0n) is 9.71. The van der Waals surface area contributed by atoms with Crippen molar-refractivity contribution >= 4 is 27.2 Å². The molecule has 2 rings (SSSR count). The van der Waals surface area contributed by atoms with E-state index in [0.717, 1.165) is 16.4 Å². The van der Waals surface area contributed by atoms with E-state index in [1.165, 1.54) is 0 Å². The lowest BCUT2D eigenvalue weighted by Crippen LogP contribution is -2.14. The molecule has 1 N–H and O–H groups in total. The summed E-state index contributed by atoms with van der Waals surface area (Å²) in [5.74, 6) is 0.771. The van der Waals surface area contributed by atoms with E-state index in [0.29, 0.717) is 6.61 Å². The van der Waals surface area contributed by atoms with Gasteiger partial charge in [-0.1, -0.05) is 42.5 Å². The molecule has 1 unspecified atom stereocenters. The van der Waals surface area contributed by atoms with Crippen molar-refractivity contribution < 1.29 is 9.63 Å². The standard InChI is InChI=1S/C14H15O2P.BH3/c1-2-16-13-10-6-7-11-14(13)17(15)12-8-4-3-5-9-12;/h3-11,15H,2H2,1H3;1H3. The van der Waals surface area contributed by atoms with Crippen molar-refractivity contribution in [2.75, 3.05) is 6.61 Å².